The molecule has 1 saturated heterocycles. The summed E-state index contributed by atoms with van der Waals surface area (Å²) in [7, 11) is 0. The van der Waals surface area contributed by atoms with Gasteiger partial charge >= 0.3 is 0 Å². The van der Waals surface area contributed by atoms with E-state index in [2.05, 4.69) is 27.8 Å². The van der Waals surface area contributed by atoms with Gasteiger partial charge in [0.1, 0.15) is 5.82 Å². The van der Waals surface area contributed by atoms with Gasteiger partial charge in [-0.25, -0.2) is 4.39 Å². The average molecular weight is 341 g/mol. The normalized spacial score (nSPS) is 32.1. The van der Waals surface area contributed by atoms with Crippen molar-refractivity contribution in [3.8, 4) is 0 Å². The van der Waals surface area contributed by atoms with E-state index in [0.717, 1.165) is 29.5 Å². The number of likely N-dealkylation sites (tertiary alicyclic amines) is 1. The molecule has 4 atom stereocenters. The first-order valence-corrected chi connectivity index (χ1v) is 8.30. The lowest BCUT2D eigenvalue weighted by Crippen LogP contribution is -2.38. The number of rotatable bonds is 2. The van der Waals surface area contributed by atoms with Gasteiger partial charge in [0, 0.05) is 35.2 Å². The summed E-state index contributed by atoms with van der Waals surface area (Å²) in [5, 5.41) is 0. The Kier molecular flexibility index (Phi) is 4.16. The highest BCUT2D eigenvalue weighted by Crippen LogP contribution is 2.39. The Labute approximate surface area is 128 Å². The summed E-state index contributed by atoms with van der Waals surface area (Å²) >= 11 is 3.44. The highest BCUT2D eigenvalue weighted by Gasteiger charge is 2.40. The quantitative estimate of drug-likeness (QED) is 0.889. The van der Waals surface area contributed by atoms with E-state index in [4.69, 9.17) is 5.73 Å². The minimum Gasteiger partial charge on any atom is -0.327 e. The Hall–Kier alpha value is -0.450. The summed E-state index contributed by atoms with van der Waals surface area (Å²) < 4.78 is 15.0. The third kappa shape index (κ3) is 2.66. The zero-order valence-corrected chi connectivity index (χ0v) is 13.4. The van der Waals surface area contributed by atoms with Crippen molar-refractivity contribution >= 4 is 15.9 Å². The Bertz CT molecular complexity index is 493. The molecule has 1 aromatic carbocycles. The Morgan fingerprint density at radius 2 is 2.15 bits per heavy atom. The Morgan fingerprint density at radius 1 is 1.35 bits per heavy atom. The molecule has 2 nitrogen and oxygen atoms in total. The van der Waals surface area contributed by atoms with Crippen molar-refractivity contribution in [2.75, 3.05) is 13.1 Å². The second-order valence-electron chi connectivity index (χ2n) is 6.31. The van der Waals surface area contributed by atoms with Gasteiger partial charge < -0.3 is 5.73 Å². The van der Waals surface area contributed by atoms with Gasteiger partial charge in [-0.3, -0.25) is 4.90 Å². The first-order chi connectivity index (χ1) is 9.56. The second kappa shape index (κ2) is 5.74. The molecule has 0 amide bonds. The molecular formula is C16H22BrFN2. The SMILES string of the molecule is CC(c1cc(Br)ccc1F)N1CC2CCCC(N)C2C1. The zero-order valence-electron chi connectivity index (χ0n) is 11.9. The van der Waals surface area contributed by atoms with Gasteiger partial charge in [0.05, 0.1) is 0 Å². The number of hydrogen-bond donors (Lipinski definition) is 1. The number of nitrogens with zero attached hydrogens (tertiary/aromatic N) is 1. The summed E-state index contributed by atoms with van der Waals surface area (Å²) in [6, 6.07) is 5.65. The molecule has 0 radical (unpaired) electrons. The van der Waals surface area contributed by atoms with Crippen LogP contribution in [0.25, 0.3) is 0 Å². The van der Waals surface area contributed by atoms with E-state index >= 15 is 0 Å². The summed E-state index contributed by atoms with van der Waals surface area (Å²) in [4.78, 5) is 2.41. The maximum Gasteiger partial charge on any atom is 0.128 e. The van der Waals surface area contributed by atoms with Crippen molar-refractivity contribution in [3.63, 3.8) is 0 Å². The average Bonchev–Trinajstić information content (AvgIpc) is 2.86. The molecule has 4 heteroatoms. The minimum absolute atomic E-state index is 0.111. The van der Waals surface area contributed by atoms with Gasteiger partial charge in [-0.15, -0.1) is 0 Å². The van der Waals surface area contributed by atoms with Gasteiger partial charge in [0.25, 0.3) is 0 Å². The fourth-order valence-electron chi connectivity index (χ4n) is 3.90. The lowest BCUT2D eigenvalue weighted by molar-refractivity contribution is 0.241. The second-order valence-corrected chi connectivity index (χ2v) is 7.23. The van der Waals surface area contributed by atoms with Crippen LogP contribution in [0.1, 0.15) is 37.8 Å². The van der Waals surface area contributed by atoms with Crippen molar-refractivity contribution in [2.24, 2.45) is 17.6 Å². The van der Waals surface area contributed by atoms with E-state index in [0.29, 0.717) is 17.9 Å². The van der Waals surface area contributed by atoms with Crippen LogP contribution in [0.4, 0.5) is 4.39 Å². The summed E-state index contributed by atoms with van der Waals surface area (Å²) in [5.74, 6) is 1.19. The topological polar surface area (TPSA) is 29.3 Å². The molecule has 1 heterocycles. The van der Waals surface area contributed by atoms with Gasteiger partial charge in [-0.05, 0) is 49.8 Å². The number of hydrogen-bond acceptors (Lipinski definition) is 2. The van der Waals surface area contributed by atoms with Crippen LogP contribution in [0.15, 0.2) is 22.7 Å². The lowest BCUT2D eigenvalue weighted by Gasteiger charge is -2.30. The molecule has 20 heavy (non-hydrogen) atoms. The largest absolute Gasteiger partial charge is 0.327 e. The van der Waals surface area contributed by atoms with Gasteiger partial charge in [0.15, 0.2) is 0 Å². The number of benzene rings is 1. The standard InChI is InChI=1S/C16H22BrFN2/c1-10(13-7-12(17)5-6-15(13)18)20-8-11-3-2-4-16(19)14(11)9-20/h5-7,10-11,14,16H,2-4,8-9,19H2,1H3. The fraction of sp³-hybridized carbons (Fsp3) is 0.625. The Balaban J connectivity index is 1.78. The first kappa shape index (κ1) is 14.5. The molecule has 2 N–H and O–H groups in total. The van der Waals surface area contributed by atoms with Crippen molar-refractivity contribution in [2.45, 2.75) is 38.3 Å². The fourth-order valence-corrected chi connectivity index (χ4v) is 4.28. The molecule has 1 aliphatic carbocycles. The summed E-state index contributed by atoms with van der Waals surface area (Å²) in [5.41, 5.74) is 7.05. The van der Waals surface area contributed by atoms with Gasteiger partial charge in [-0.1, -0.05) is 22.4 Å². The zero-order chi connectivity index (χ0) is 14.3. The third-order valence-electron chi connectivity index (χ3n) is 5.14. The van der Waals surface area contributed by atoms with Crippen LogP contribution < -0.4 is 5.73 Å². The molecule has 110 valence electrons. The summed E-state index contributed by atoms with van der Waals surface area (Å²) in [6.07, 6.45) is 3.67. The first-order valence-electron chi connectivity index (χ1n) is 7.51. The lowest BCUT2D eigenvalue weighted by atomic mass is 9.78. The molecule has 2 aliphatic rings. The molecule has 3 rings (SSSR count). The van der Waals surface area contributed by atoms with Gasteiger partial charge in [0.2, 0.25) is 0 Å². The monoisotopic (exact) mass is 340 g/mol. The molecule has 1 aromatic rings. The van der Waals surface area contributed by atoms with Crippen LogP contribution >= 0.6 is 15.9 Å². The smallest absolute Gasteiger partial charge is 0.128 e. The number of halogens is 2. The third-order valence-corrected chi connectivity index (χ3v) is 5.63. The van der Waals surface area contributed by atoms with Gasteiger partial charge in [-0.2, -0.15) is 0 Å². The molecule has 1 aliphatic heterocycles. The van der Waals surface area contributed by atoms with Crippen LogP contribution in [0.2, 0.25) is 0 Å². The molecule has 1 saturated carbocycles. The summed E-state index contributed by atoms with van der Waals surface area (Å²) in [6.45, 7) is 4.18. The van der Waals surface area contributed by atoms with Crippen molar-refractivity contribution in [1.29, 1.82) is 0 Å². The van der Waals surface area contributed by atoms with E-state index < -0.39 is 0 Å². The van der Waals surface area contributed by atoms with Crippen molar-refractivity contribution in [1.82, 2.24) is 4.90 Å². The maximum absolute atomic E-state index is 14.0. The number of nitrogens with two attached hydrogens (primary N) is 1. The molecule has 4 unspecified atom stereocenters. The van der Waals surface area contributed by atoms with Crippen LogP contribution in [0.5, 0.6) is 0 Å². The van der Waals surface area contributed by atoms with E-state index in [-0.39, 0.29) is 11.9 Å². The van der Waals surface area contributed by atoms with E-state index in [9.17, 15) is 4.39 Å². The minimum atomic E-state index is -0.111. The predicted molar refractivity (Wildman–Crippen MR) is 82.9 cm³/mol. The van der Waals surface area contributed by atoms with Crippen LogP contribution in [-0.2, 0) is 0 Å². The maximum atomic E-state index is 14.0. The van der Waals surface area contributed by atoms with Crippen molar-refractivity contribution in [3.05, 3.63) is 34.1 Å². The van der Waals surface area contributed by atoms with Crippen molar-refractivity contribution < 1.29 is 4.39 Å². The molecule has 0 spiro atoms. The number of fused-ring (bicyclic) bond motifs is 1. The van der Waals surface area contributed by atoms with E-state index in [1.807, 2.05) is 6.07 Å². The molecule has 2 fully saturated rings. The molecular weight excluding hydrogens is 319 g/mol. The van der Waals surface area contributed by atoms with E-state index in [1.54, 1.807) is 12.1 Å². The van der Waals surface area contributed by atoms with Crippen LogP contribution in [0.3, 0.4) is 0 Å². The Morgan fingerprint density at radius 3 is 2.90 bits per heavy atom. The van der Waals surface area contributed by atoms with Crippen LogP contribution in [-0.4, -0.2) is 24.0 Å². The molecule has 0 bridgehead atoms. The van der Waals surface area contributed by atoms with E-state index in [1.165, 1.54) is 12.8 Å². The van der Waals surface area contributed by atoms with Crippen LogP contribution in [0, 0.1) is 17.7 Å². The molecule has 0 aromatic heterocycles. The highest BCUT2D eigenvalue weighted by atomic mass is 79.9. The predicted octanol–water partition coefficient (Wildman–Crippen LogP) is 3.71. The highest BCUT2D eigenvalue weighted by molar-refractivity contribution is 9.10.